The lowest BCUT2D eigenvalue weighted by molar-refractivity contribution is -0.137. The molecular formula is C22H25F3N4OS. The fourth-order valence-corrected chi connectivity index (χ4v) is 4.01. The molecule has 166 valence electrons. The number of carbonyl (C=O) groups is 1. The molecule has 0 spiro atoms. The Morgan fingerprint density at radius 3 is 2.65 bits per heavy atom. The normalized spacial score (nSPS) is 15.0. The zero-order valence-corrected chi connectivity index (χ0v) is 18.0. The molecule has 0 aromatic heterocycles. The molecule has 2 aromatic rings. The van der Waals surface area contributed by atoms with Crippen LogP contribution in [0, 0.1) is 0 Å². The maximum atomic E-state index is 12.9. The SMILES string of the molecule is CCCN1CN=C(SCC(=O)Nc2cccc(C(F)(F)F)c2)N(Cc2ccccc2)C1. The third-order valence-corrected chi connectivity index (χ3v) is 5.66. The van der Waals surface area contributed by atoms with E-state index in [1.54, 1.807) is 0 Å². The molecule has 1 aliphatic heterocycles. The summed E-state index contributed by atoms with van der Waals surface area (Å²) < 4.78 is 38.6. The van der Waals surface area contributed by atoms with Crippen molar-refractivity contribution in [2.45, 2.75) is 26.1 Å². The number of halogens is 3. The topological polar surface area (TPSA) is 47.9 Å². The minimum atomic E-state index is -4.45. The summed E-state index contributed by atoms with van der Waals surface area (Å²) in [5, 5.41) is 3.30. The van der Waals surface area contributed by atoms with Crippen LogP contribution in [0.4, 0.5) is 18.9 Å². The van der Waals surface area contributed by atoms with Gasteiger partial charge in [-0.1, -0.05) is 55.1 Å². The quantitative estimate of drug-likeness (QED) is 0.654. The molecule has 0 radical (unpaired) electrons. The first-order valence-electron chi connectivity index (χ1n) is 10.0. The average molecular weight is 451 g/mol. The summed E-state index contributed by atoms with van der Waals surface area (Å²) in [4.78, 5) is 21.3. The molecule has 0 aliphatic carbocycles. The van der Waals surface area contributed by atoms with Gasteiger partial charge in [0.05, 0.1) is 24.7 Å². The van der Waals surface area contributed by atoms with E-state index in [-0.39, 0.29) is 17.3 Å². The van der Waals surface area contributed by atoms with Gasteiger partial charge in [-0.2, -0.15) is 13.2 Å². The van der Waals surface area contributed by atoms with E-state index in [4.69, 9.17) is 0 Å². The van der Waals surface area contributed by atoms with Gasteiger partial charge in [0.15, 0.2) is 5.17 Å². The van der Waals surface area contributed by atoms with Crippen LogP contribution in [-0.2, 0) is 17.5 Å². The van der Waals surface area contributed by atoms with Gasteiger partial charge in [-0.05, 0) is 30.2 Å². The zero-order valence-electron chi connectivity index (χ0n) is 17.2. The second kappa shape index (κ2) is 10.7. The van der Waals surface area contributed by atoms with Crippen molar-refractivity contribution in [1.29, 1.82) is 0 Å². The monoisotopic (exact) mass is 450 g/mol. The molecule has 1 N–H and O–H groups in total. The highest BCUT2D eigenvalue weighted by Crippen LogP contribution is 2.30. The predicted octanol–water partition coefficient (Wildman–Crippen LogP) is 4.88. The van der Waals surface area contributed by atoms with Gasteiger partial charge < -0.3 is 10.2 Å². The van der Waals surface area contributed by atoms with Crippen LogP contribution >= 0.6 is 11.8 Å². The van der Waals surface area contributed by atoms with E-state index < -0.39 is 11.7 Å². The number of amides is 1. The standard InChI is InChI=1S/C22H25F3N4OS/c1-2-11-28-15-26-21(29(16-28)13-17-7-4-3-5-8-17)31-14-20(30)27-19-10-6-9-18(12-19)22(23,24)25/h3-10,12H,2,11,13-16H2,1H3,(H,27,30). The van der Waals surface area contributed by atoms with Crippen molar-refractivity contribution in [2.75, 3.05) is 31.0 Å². The lowest BCUT2D eigenvalue weighted by Crippen LogP contribution is -2.45. The third-order valence-electron chi connectivity index (χ3n) is 4.61. The number of anilines is 1. The van der Waals surface area contributed by atoms with E-state index in [0.717, 1.165) is 35.8 Å². The summed E-state index contributed by atoms with van der Waals surface area (Å²) in [6, 6.07) is 14.6. The smallest absolute Gasteiger partial charge is 0.334 e. The zero-order chi connectivity index (χ0) is 22.3. The molecule has 0 saturated carbocycles. The predicted molar refractivity (Wildman–Crippen MR) is 119 cm³/mol. The largest absolute Gasteiger partial charge is 0.416 e. The van der Waals surface area contributed by atoms with Gasteiger partial charge in [0.25, 0.3) is 0 Å². The molecule has 1 aliphatic rings. The Morgan fingerprint density at radius 2 is 1.94 bits per heavy atom. The Kier molecular flexibility index (Phi) is 7.97. The number of nitrogens with zero attached hydrogens (tertiary/aromatic N) is 3. The van der Waals surface area contributed by atoms with Crippen molar-refractivity contribution >= 4 is 28.5 Å². The highest BCUT2D eigenvalue weighted by atomic mass is 32.2. The fraction of sp³-hybridized carbons (Fsp3) is 0.364. The Morgan fingerprint density at radius 1 is 1.16 bits per heavy atom. The van der Waals surface area contributed by atoms with Crippen LogP contribution in [0.2, 0.25) is 0 Å². The number of thioether (sulfide) groups is 1. The molecule has 3 rings (SSSR count). The molecule has 2 aromatic carbocycles. The Balaban J connectivity index is 1.62. The molecular weight excluding hydrogens is 425 g/mol. The maximum Gasteiger partial charge on any atom is 0.416 e. The molecule has 0 saturated heterocycles. The second-order valence-corrected chi connectivity index (χ2v) is 8.16. The number of hydrogen-bond donors (Lipinski definition) is 1. The van der Waals surface area contributed by atoms with Gasteiger partial charge >= 0.3 is 6.18 Å². The van der Waals surface area contributed by atoms with E-state index in [1.165, 1.54) is 23.9 Å². The summed E-state index contributed by atoms with van der Waals surface area (Å²) >= 11 is 1.30. The van der Waals surface area contributed by atoms with E-state index in [2.05, 4.69) is 27.0 Å². The van der Waals surface area contributed by atoms with E-state index in [1.807, 2.05) is 30.3 Å². The first-order valence-corrected chi connectivity index (χ1v) is 11.0. The van der Waals surface area contributed by atoms with E-state index in [0.29, 0.717) is 19.9 Å². The summed E-state index contributed by atoms with van der Waals surface area (Å²) in [6.45, 7) is 5.00. The third kappa shape index (κ3) is 7.00. The van der Waals surface area contributed by atoms with Crippen LogP contribution in [-0.4, -0.2) is 46.5 Å². The Bertz CT molecular complexity index is 905. The summed E-state index contributed by atoms with van der Waals surface area (Å²) in [6.07, 6.45) is -3.43. The molecule has 1 heterocycles. The summed E-state index contributed by atoms with van der Waals surface area (Å²) in [5.41, 5.74) is 0.475. The highest BCUT2D eigenvalue weighted by Gasteiger charge is 2.30. The van der Waals surface area contributed by atoms with Gasteiger partial charge in [0.1, 0.15) is 0 Å². The van der Waals surface area contributed by atoms with E-state index >= 15 is 0 Å². The first-order chi connectivity index (χ1) is 14.8. The molecule has 0 bridgehead atoms. The van der Waals surface area contributed by atoms with Crippen molar-refractivity contribution in [2.24, 2.45) is 4.99 Å². The van der Waals surface area contributed by atoms with Crippen LogP contribution in [0.25, 0.3) is 0 Å². The average Bonchev–Trinajstić information content (AvgIpc) is 2.74. The van der Waals surface area contributed by atoms with Gasteiger partial charge in [-0.15, -0.1) is 0 Å². The number of hydrogen-bond acceptors (Lipinski definition) is 5. The van der Waals surface area contributed by atoms with Crippen LogP contribution in [0.15, 0.2) is 59.6 Å². The molecule has 1 amide bonds. The van der Waals surface area contributed by atoms with Crippen molar-refractivity contribution in [1.82, 2.24) is 9.80 Å². The van der Waals surface area contributed by atoms with Crippen molar-refractivity contribution in [3.05, 3.63) is 65.7 Å². The van der Waals surface area contributed by atoms with Gasteiger partial charge in [-0.3, -0.25) is 9.69 Å². The Labute approximate surface area is 184 Å². The van der Waals surface area contributed by atoms with Crippen LogP contribution < -0.4 is 5.32 Å². The molecule has 9 heteroatoms. The molecule has 0 fully saturated rings. The van der Waals surface area contributed by atoms with Gasteiger partial charge in [0.2, 0.25) is 5.91 Å². The van der Waals surface area contributed by atoms with Crippen LogP contribution in [0.5, 0.6) is 0 Å². The highest BCUT2D eigenvalue weighted by molar-refractivity contribution is 8.14. The van der Waals surface area contributed by atoms with Crippen molar-refractivity contribution < 1.29 is 18.0 Å². The number of nitrogens with one attached hydrogen (secondary N) is 1. The lowest BCUT2D eigenvalue weighted by Gasteiger charge is -2.35. The van der Waals surface area contributed by atoms with Gasteiger partial charge in [-0.25, -0.2) is 4.99 Å². The van der Waals surface area contributed by atoms with Gasteiger partial charge in [0, 0.05) is 18.8 Å². The summed E-state index contributed by atoms with van der Waals surface area (Å²) in [7, 11) is 0. The number of carbonyl (C=O) groups excluding carboxylic acids is 1. The molecule has 0 atom stereocenters. The molecule has 5 nitrogen and oxygen atoms in total. The van der Waals surface area contributed by atoms with E-state index in [9.17, 15) is 18.0 Å². The maximum absolute atomic E-state index is 12.9. The lowest BCUT2D eigenvalue weighted by atomic mass is 10.2. The molecule has 0 unspecified atom stereocenters. The summed E-state index contributed by atoms with van der Waals surface area (Å²) in [5.74, 6) is -0.309. The second-order valence-electron chi connectivity index (χ2n) is 7.22. The Hall–Kier alpha value is -2.52. The number of benzene rings is 2. The minimum absolute atomic E-state index is 0.0636. The first kappa shape index (κ1) is 23.1. The number of aliphatic imine (C=N–C) groups is 1. The fourth-order valence-electron chi connectivity index (χ4n) is 3.22. The molecule has 31 heavy (non-hydrogen) atoms. The van der Waals surface area contributed by atoms with Crippen molar-refractivity contribution in [3.63, 3.8) is 0 Å². The minimum Gasteiger partial charge on any atom is -0.334 e. The van der Waals surface area contributed by atoms with Crippen LogP contribution in [0.1, 0.15) is 24.5 Å². The van der Waals surface area contributed by atoms with Crippen molar-refractivity contribution in [3.8, 4) is 0 Å². The number of rotatable bonds is 7. The number of alkyl halides is 3. The number of amidine groups is 1. The van der Waals surface area contributed by atoms with Crippen LogP contribution in [0.3, 0.4) is 0 Å².